The van der Waals surface area contributed by atoms with Crippen LogP contribution in [0.25, 0.3) is 0 Å². The van der Waals surface area contributed by atoms with E-state index in [1.54, 1.807) is 13.2 Å². The van der Waals surface area contributed by atoms with Crippen LogP contribution in [0, 0.1) is 0 Å². The van der Waals surface area contributed by atoms with E-state index < -0.39 is 5.97 Å². The highest BCUT2D eigenvalue weighted by atomic mass is 79.9. The maximum Gasteiger partial charge on any atom is 0.349 e. The fourth-order valence-electron chi connectivity index (χ4n) is 1.81. The van der Waals surface area contributed by atoms with Gasteiger partial charge in [-0.05, 0) is 46.1 Å². The molecule has 0 atom stereocenters. The number of methoxy groups -OCH3 is 1. The van der Waals surface area contributed by atoms with E-state index in [1.807, 2.05) is 25.1 Å². The Balaban J connectivity index is 2.14. The molecule has 0 aliphatic carbocycles. The zero-order valence-corrected chi connectivity index (χ0v) is 14.1. The van der Waals surface area contributed by atoms with Gasteiger partial charge >= 0.3 is 5.97 Å². The first kappa shape index (κ1) is 15.9. The summed E-state index contributed by atoms with van der Waals surface area (Å²) < 4.78 is 11.7. The lowest BCUT2D eigenvalue weighted by Gasteiger charge is -2.08. The van der Waals surface area contributed by atoms with Crippen molar-refractivity contribution >= 4 is 33.2 Å². The molecule has 0 saturated heterocycles. The number of benzene rings is 1. The third-order valence-electron chi connectivity index (χ3n) is 2.90. The number of ether oxygens (including phenoxy) is 2. The van der Waals surface area contributed by atoms with Gasteiger partial charge in [0.05, 0.1) is 11.6 Å². The van der Waals surface area contributed by atoms with Crippen LogP contribution in [0.3, 0.4) is 0 Å². The molecule has 1 heterocycles. The Morgan fingerprint density at radius 1 is 1.33 bits per heavy atom. The Bertz CT molecular complexity index is 651. The van der Waals surface area contributed by atoms with Crippen molar-refractivity contribution in [1.29, 1.82) is 0 Å². The lowest BCUT2D eigenvalue weighted by atomic mass is 10.2. The predicted molar refractivity (Wildman–Crippen MR) is 85.7 cm³/mol. The van der Waals surface area contributed by atoms with E-state index in [1.165, 1.54) is 11.3 Å². The van der Waals surface area contributed by atoms with Crippen molar-refractivity contribution in [3.05, 3.63) is 44.1 Å². The monoisotopic (exact) mass is 370 g/mol. The smallest absolute Gasteiger partial charge is 0.349 e. The average molecular weight is 371 g/mol. The largest absolute Gasteiger partial charge is 0.496 e. The molecule has 0 radical (unpaired) electrons. The molecule has 4 nitrogen and oxygen atoms in total. The molecule has 0 amide bonds. The number of halogens is 1. The summed E-state index contributed by atoms with van der Waals surface area (Å²) in [6.07, 6.45) is 0.794. The van der Waals surface area contributed by atoms with Gasteiger partial charge in [-0.25, -0.2) is 4.79 Å². The number of carboxylic acids is 1. The van der Waals surface area contributed by atoms with E-state index >= 15 is 0 Å². The van der Waals surface area contributed by atoms with Crippen molar-refractivity contribution in [3.63, 3.8) is 0 Å². The van der Waals surface area contributed by atoms with Crippen molar-refractivity contribution in [2.75, 3.05) is 7.11 Å². The van der Waals surface area contributed by atoms with Crippen LogP contribution in [-0.4, -0.2) is 18.2 Å². The van der Waals surface area contributed by atoms with Crippen LogP contribution in [0.4, 0.5) is 0 Å². The van der Waals surface area contributed by atoms with Gasteiger partial charge in [-0.3, -0.25) is 0 Å². The van der Waals surface area contributed by atoms with Crippen molar-refractivity contribution < 1.29 is 19.4 Å². The number of carbonyl (C=O) groups is 1. The highest BCUT2D eigenvalue weighted by molar-refractivity contribution is 9.10. The fraction of sp³-hybridized carbons (Fsp3) is 0.267. The Labute approximate surface area is 135 Å². The van der Waals surface area contributed by atoms with Crippen LogP contribution >= 0.6 is 27.3 Å². The van der Waals surface area contributed by atoms with Gasteiger partial charge in [0.1, 0.15) is 18.1 Å². The highest BCUT2D eigenvalue weighted by Gasteiger charge is 2.16. The molecule has 0 fully saturated rings. The number of carboxylic acid groups (broad SMARTS) is 1. The van der Waals surface area contributed by atoms with Gasteiger partial charge < -0.3 is 14.6 Å². The maximum absolute atomic E-state index is 11.2. The van der Waals surface area contributed by atoms with Crippen LogP contribution < -0.4 is 9.47 Å². The average Bonchev–Trinajstić information content (AvgIpc) is 2.89. The van der Waals surface area contributed by atoms with Crippen LogP contribution in [0.1, 0.15) is 27.0 Å². The molecular formula is C15H15BrO4S. The van der Waals surface area contributed by atoms with Crippen molar-refractivity contribution in [1.82, 2.24) is 0 Å². The fourth-order valence-corrected chi connectivity index (χ4v) is 3.28. The van der Waals surface area contributed by atoms with Gasteiger partial charge in [-0.2, -0.15) is 0 Å². The summed E-state index contributed by atoms with van der Waals surface area (Å²) in [5.74, 6) is 0.218. The highest BCUT2D eigenvalue weighted by Crippen LogP contribution is 2.31. The molecule has 0 aliphatic rings. The van der Waals surface area contributed by atoms with Crippen molar-refractivity contribution in [2.24, 2.45) is 0 Å². The van der Waals surface area contributed by atoms with E-state index in [-0.39, 0.29) is 4.88 Å². The first-order valence-corrected chi connectivity index (χ1v) is 7.97. The summed E-state index contributed by atoms with van der Waals surface area (Å²) in [6.45, 7) is 2.30. The van der Waals surface area contributed by atoms with Gasteiger partial charge in [0.15, 0.2) is 4.88 Å². The molecule has 2 rings (SSSR count). The molecule has 21 heavy (non-hydrogen) atoms. The first-order chi connectivity index (χ1) is 10.0. The molecule has 0 aliphatic heterocycles. The Kier molecular flexibility index (Phi) is 5.25. The van der Waals surface area contributed by atoms with Crippen LogP contribution in [0.2, 0.25) is 0 Å². The maximum atomic E-state index is 11.2. The van der Waals surface area contributed by atoms with Crippen LogP contribution in [0.5, 0.6) is 11.5 Å². The Hall–Kier alpha value is -1.53. The van der Waals surface area contributed by atoms with E-state index in [4.69, 9.17) is 9.47 Å². The molecule has 0 unspecified atom stereocenters. The third-order valence-corrected chi connectivity index (χ3v) is 4.77. The standard InChI is InChI=1S/C15H15BrO4S/c1-3-10-7-13(14(21-10)15(17)18)20-8-9-4-5-12(19-2)11(16)6-9/h4-7H,3,8H2,1-2H3,(H,17,18). The predicted octanol–water partition coefficient (Wildman–Crippen LogP) is 4.36. The second-order valence-corrected chi connectivity index (χ2v) is 6.31. The van der Waals surface area contributed by atoms with Gasteiger partial charge in [-0.15, -0.1) is 11.3 Å². The Morgan fingerprint density at radius 2 is 2.10 bits per heavy atom. The normalized spacial score (nSPS) is 10.4. The molecule has 2 aromatic rings. The minimum Gasteiger partial charge on any atom is -0.496 e. The topological polar surface area (TPSA) is 55.8 Å². The molecule has 1 aromatic carbocycles. The number of hydrogen-bond acceptors (Lipinski definition) is 4. The molecular weight excluding hydrogens is 356 g/mol. The summed E-state index contributed by atoms with van der Waals surface area (Å²) in [5.41, 5.74) is 0.934. The molecule has 112 valence electrons. The van der Waals surface area contributed by atoms with Crippen molar-refractivity contribution in [3.8, 4) is 11.5 Å². The van der Waals surface area contributed by atoms with E-state index in [9.17, 15) is 9.90 Å². The molecule has 1 aromatic heterocycles. The van der Waals surface area contributed by atoms with Crippen molar-refractivity contribution in [2.45, 2.75) is 20.0 Å². The number of aryl methyl sites for hydroxylation is 1. The summed E-state index contributed by atoms with van der Waals surface area (Å²) in [4.78, 5) is 12.5. The lowest BCUT2D eigenvalue weighted by Crippen LogP contribution is -2.00. The second-order valence-electron chi connectivity index (χ2n) is 4.32. The Morgan fingerprint density at radius 3 is 2.67 bits per heavy atom. The summed E-state index contributed by atoms with van der Waals surface area (Å²) in [6, 6.07) is 7.42. The molecule has 0 bridgehead atoms. The summed E-state index contributed by atoms with van der Waals surface area (Å²) in [7, 11) is 1.60. The zero-order valence-electron chi connectivity index (χ0n) is 11.7. The lowest BCUT2D eigenvalue weighted by molar-refractivity contribution is 0.0697. The van der Waals surface area contributed by atoms with Crippen LogP contribution in [-0.2, 0) is 13.0 Å². The molecule has 1 N–H and O–H groups in total. The minimum atomic E-state index is -0.953. The van der Waals surface area contributed by atoms with E-state index in [0.717, 1.165) is 27.1 Å². The van der Waals surface area contributed by atoms with E-state index in [0.29, 0.717) is 12.4 Å². The summed E-state index contributed by atoms with van der Waals surface area (Å²) >= 11 is 4.67. The molecule has 0 saturated carbocycles. The number of rotatable bonds is 6. The van der Waals surface area contributed by atoms with Gasteiger partial charge in [-0.1, -0.05) is 13.0 Å². The van der Waals surface area contributed by atoms with E-state index in [2.05, 4.69) is 15.9 Å². The molecule has 0 spiro atoms. The number of hydrogen-bond donors (Lipinski definition) is 1. The third kappa shape index (κ3) is 3.77. The van der Waals surface area contributed by atoms with Gasteiger partial charge in [0, 0.05) is 4.88 Å². The van der Waals surface area contributed by atoms with Gasteiger partial charge in [0.25, 0.3) is 0 Å². The number of thiophene rings is 1. The second kappa shape index (κ2) is 6.95. The zero-order chi connectivity index (χ0) is 15.4. The first-order valence-electron chi connectivity index (χ1n) is 6.36. The SMILES string of the molecule is CCc1cc(OCc2ccc(OC)c(Br)c2)c(C(=O)O)s1. The summed E-state index contributed by atoms with van der Waals surface area (Å²) in [5, 5.41) is 9.19. The van der Waals surface area contributed by atoms with Gasteiger partial charge in [0.2, 0.25) is 0 Å². The number of aromatic carboxylic acids is 1. The molecule has 6 heteroatoms. The minimum absolute atomic E-state index is 0.249. The van der Waals surface area contributed by atoms with Crippen LogP contribution in [0.15, 0.2) is 28.7 Å². The quantitative estimate of drug-likeness (QED) is 0.820.